The summed E-state index contributed by atoms with van der Waals surface area (Å²) in [6, 6.07) is 0.371. The number of ether oxygens (including phenoxy) is 2. The Morgan fingerprint density at radius 1 is 1.17 bits per heavy atom. The molecule has 12 heteroatoms. The van der Waals surface area contributed by atoms with Gasteiger partial charge in [-0.2, -0.15) is 0 Å². The number of fused-ring (bicyclic) bond motifs is 3. The average Bonchev–Trinajstić information content (AvgIpc) is 2.90. The number of rotatable bonds is 6. The molecular weight excluding hydrogens is 534 g/mol. The molecule has 0 radical (unpaired) electrons. The molecule has 1 aromatic rings. The van der Waals surface area contributed by atoms with Crippen molar-refractivity contribution in [2.75, 3.05) is 41.4 Å². The molecule has 2 fully saturated rings. The number of phenols is 1. The monoisotopic (exact) mass is 571 g/mol. The highest BCUT2D eigenvalue weighted by Gasteiger charge is 2.64. The van der Waals surface area contributed by atoms with E-state index in [4.69, 9.17) is 15.2 Å². The number of hydrogen-bond acceptors (Lipinski definition) is 11. The number of primary amides is 1. The highest BCUT2D eigenvalue weighted by molar-refractivity contribution is 6.24. The Balaban J connectivity index is 1.61. The van der Waals surface area contributed by atoms with Crippen LogP contribution in [0.15, 0.2) is 23.0 Å². The number of amides is 1. The highest BCUT2D eigenvalue weighted by Crippen LogP contribution is 2.54. The molecule has 12 nitrogen and oxygen atoms in total. The van der Waals surface area contributed by atoms with Crippen LogP contribution in [-0.4, -0.2) is 107 Å². The van der Waals surface area contributed by atoms with Crippen LogP contribution in [0.2, 0.25) is 0 Å². The lowest BCUT2D eigenvalue weighted by Crippen LogP contribution is -2.65. The number of aliphatic hydroxyl groups is 3. The predicted octanol–water partition coefficient (Wildman–Crippen LogP) is 0.583. The van der Waals surface area contributed by atoms with Crippen LogP contribution in [0.5, 0.6) is 11.5 Å². The lowest BCUT2D eigenvalue weighted by Gasteiger charge is -2.50. The molecule has 41 heavy (non-hydrogen) atoms. The summed E-state index contributed by atoms with van der Waals surface area (Å²) >= 11 is 0. The second kappa shape index (κ2) is 10.4. The zero-order valence-corrected chi connectivity index (χ0v) is 23.6. The van der Waals surface area contributed by atoms with Crippen molar-refractivity contribution in [1.29, 1.82) is 0 Å². The minimum absolute atomic E-state index is 0.0139. The van der Waals surface area contributed by atoms with Gasteiger partial charge in [0, 0.05) is 49.4 Å². The van der Waals surface area contributed by atoms with Gasteiger partial charge in [0.2, 0.25) is 5.78 Å². The lowest BCUT2D eigenvalue weighted by atomic mass is 9.57. The molecule has 0 spiro atoms. The van der Waals surface area contributed by atoms with Crippen molar-refractivity contribution in [3.05, 3.63) is 39.7 Å². The van der Waals surface area contributed by atoms with Gasteiger partial charge in [-0.3, -0.25) is 24.2 Å². The van der Waals surface area contributed by atoms with E-state index in [-0.39, 0.29) is 35.8 Å². The summed E-state index contributed by atoms with van der Waals surface area (Å²) in [4.78, 5) is 43.0. The second-order valence-corrected chi connectivity index (χ2v) is 11.6. The molecule has 4 aliphatic rings. The summed E-state index contributed by atoms with van der Waals surface area (Å²) in [5.74, 6) is -6.32. The molecule has 1 aromatic carbocycles. The Kier molecular flexibility index (Phi) is 7.39. The number of Topliss-reactive ketones (excluding diaryl/α,β-unsaturated/α-hetero) is 2. The zero-order chi connectivity index (χ0) is 30.0. The number of likely N-dealkylation sites (N-methyl/N-ethyl adjacent to an activating group) is 1. The van der Waals surface area contributed by atoms with Gasteiger partial charge in [-0.25, -0.2) is 0 Å². The van der Waals surface area contributed by atoms with E-state index in [1.54, 1.807) is 21.2 Å². The van der Waals surface area contributed by atoms with E-state index in [0.717, 1.165) is 31.5 Å². The molecule has 0 unspecified atom stereocenters. The van der Waals surface area contributed by atoms with Crippen molar-refractivity contribution in [2.24, 2.45) is 17.6 Å². The van der Waals surface area contributed by atoms with Crippen LogP contribution in [-0.2, 0) is 32.1 Å². The van der Waals surface area contributed by atoms with Crippen molar-refractivity contribution < 1.29 is 44.3 Å². The quantitative estimate of drug-likeness (QED) is 0.301. The van der Waals surface area contributed by atoms with Crippen LogP contribution in [0.3, 0.4) is 0 Å². The van der Waals surface area contributed by atoms with Crippen LogP contribution in [0, 0.1) is 11.8 Å². The maximum Gasteiger partial charge on any atom is 0.255 e. The third-order valence-electron chi connectivity index (χ3n) is 9.21. The van der Waals surface area contributed by atoms with E-state index in [2.05, 4.69) is 4.90 Å². The van der Waals surface area contributed by atoms with Gasteiger partial charge in [-0.05, 0) is 51.8 Å². The summed E-state index contributed by atoms with van der Waals surface area (Å²) in [6.07, 6.45) is 2.15. The Morgan fingerprint density at radius 2 is 1.83 bits per heavy atom. The first-order valence-corrected chi connectivity index (χ1v) is 13.7. The van der Waals surface area contributed by atoms with Crippen LogP contribution < -0.4 is 10.5 Å². The molecule has 0 bridgehead atoms. The van der Waals surface area contributed by atoms with Crippen LogP contribution in [0.25, 0.3) is 5.76 Å². The third kappa shape index (κ3) is 4.32. The lowest BCUT2D eigenvalue weighted by molar-refractivity contribution is -0.153. The summed E-state index contributed by atoms with van der Waals surface area (Å²) in [5.41, 5.74) is 2.92. The molecular formula is C29H37N3O9. The maximum absolute atomic E-state index is 14.0. The second-order valence-electron chi connectivity index (χ2n) is 11.6. The molecule has 4 atom stereocenters. The first-order valence-electron chi connectivity index (χ1n) is 13.7. The average molecular weight is 572 g/mol. The number of piperidine rings is 1. The summed E-state index contributed by atoms with van der Waals surface area (Å²) in [5, 5.41) is 45.2. The Bertz CT molecular complexity index is 1380. The zero-order valence-electron chi connectivity index (χ0n) is 23.6. The number of phenolic OH excluding ortho intramolecular Hbond substituents is 1. The smallest absolute Gasteiger partial charge is 0.255 e. The van der Waals surface area contributed by atoms with E-state index < -0.39 is 58.0 Å². The van der Waals surface area contributed by atoms with Crippen LogP contribution in [0.4, 0.5) is 0 Å². The fourth-order valence-electron chi connectivity index (χ4n) is 7.27. The van der Waals surface area contributed by atoms with Crippen LogP contribution in [0.1, 0.15) is 36.0 Å². The Hall–Kier alpha value is -3.45. The molecule has 222 valence electrons. The minimum atomic E-state index is -2.67. The largest absolute Gasteiger partial charge is 0.508 e. The van der Waals surface area contributed by atoms with Gasteiger partial charge in [0.05, 0.1) is 24.8 Å². The maximum atomic E-state index is 14.0. The third-order valence-corrected chi connectivity index (χ3v) is 9.21. The molecule has 5 rings (SSSR count). The number of ketones is 2. The van der Waals surface area contributed by atoms with E-state index in [1.165, 1.54) is 18.1 Å². The van der Waals surface area contributed by atoms with E-state index in [0.29, 0.717) is 17.9 Å². The van der Waals surface area contributed by atoms with Crippen molar-refractivity contribution in [1.82, 2.24) is 9.80 Å². The fourth-order valence-corrected chi connectivity index (χ4v) is 7.27. The number of nitrogens with zero attached hydrogens (tertiary/aromatic N) is 2. The highest BCUT2D eigenvalue weighted by atomic mass is 16.5. The van der Waals surface area contributed by atoms with Crippen molar-refractivity contribution in [3.8, 4) is 11.5 Å². The number of likely N-dealkylation sites (tertiary alicyclic amines) is 1. The SMILES string of the molecule is COc1c(CN2CCC(OC)CC2)cc(O)c2c1C[C@H]1C[C@H]3[C@H](N(C)C)C(=O)C(C(N)=O)=C(O)[C@@]3(O)C(=O)C1=C2O. The number of carbonyl (C=O) groups is 3. The number of methoxy groups -OCH3 is 2. The molecule has 1 saturated carbocycles. The fraction of sp³-hybridized carbons (Fsp3) is 0.552. The number of aliphatic hydroxyl groups excluding tert-OH is 2. The van der Waals surface area contributed by atoms with Crippen molar-refractivity contribution in [3.63, 3.8) is 0 Å². The molecule has 1 aliphatic heterocycles. The molecule has 6 N–H and O–H groups in total. The first kappa shape index (κ1) is 29.1. The number of nitrogens with two attached hydrogens (primary N) is 1. The van der Waals surface area contributed by atoms with Crippen molar-refractivity contribution >= 4 is 23.2 Å². The molecule has 0 aromatic heterocycles. The standard InChI is InChI=1S/C29H37N3O9/c1-31(2)22-17-10-13-9-16-20(18(33)11-14(25(16)41-4)12-32-7-5-15(40-3)6-8-32)23(34)19(13)26(36)29(17,39)27(37)21(24(22)35)28(30)38/h11,13,15,17,22,33-34,37,39H,5-10,12H2,1-4H3,(H2,30,38)/t13-,17-,22-,29-/m0/s1. The molecule has 3 aliphatic carbocycles. The molecule has 1 amide bonds. The Labute approximate surface area is 237 Å². The minimum Gasteiger partial charge on any atom is -0.508 e. The van der Waals surface area contributed by atoms with Gasteiger partial charge in [-0.15, -0.1) is 0 Å². The molecule has 1 saturated heterocycles. The van der Waals surface area contributed by atoms with E-state index in [9.17, 15) is 34.8 Å². The van der Waals surface area contributed by atoms with Crippen LogP contribution >= 0.6 is 0 Å². The number of hydrogen-bond donors (Lipinski definition) is 5. The van der Waals surface area contributed by atoms with Gasteiger partial charge < -0.3 is 35.6 Å². The number of carbonyl (C=O) groups excluding carboxylic acids is 3. The summed E-state index contributed by atoms with van der Waals surface area (Å²) in [7, 11) is 6.34. The van der Waals surface area contributed by atoms with Gasteiger partial charge in [-0.1, -0.05) is 0 Å². The number of aromatic hydroxyl groups is 1. The van der Waals surface area contributed by atoms with Gasteiger partial charge in [0.1, 0.15) is 28.6 Å². The normalized spacial score (nSPS) is 29.0. The summed E-state index contributed by atoms with van der Waals surface area (Å²) in [6.45, 7) is 2.10. The van der Waals surface area contributed by atoms with Gasteiger partial charge >= 0.3 is 0 Å². The number of benzene rings is 1. The van der Waals surface area contributed by atoms with Gasteiger partial charge in [0.25, 0.3) is 5.91 Å². The van der Waals surface area contributed by atoms with Gasteiger partial charge in [0.15, 0.2) is 11.4 Å². The topological polar surface area (TPSA) is 183 Å². The summed E-state index contributed by atoms with van der Waals surface area (Å²) < 4.78 is 11.3. The van der Waals surface area contributed by atoms with E-state index >= 15 is 0 Å². The molecule has 1 heterocycles. The van der Waals surface area contributed by atoms with E-state index in [1.807, 2.05) is 0 Å². The Morgan fingerprint density at radius 3 is 2.39 bits per heavy atom. The predicted molar refractivity (Wildman–Crippen MR) is 146 cm³/mol. The van der Waals surface area contributed by atoms with Crippen molar-refractivity contribution in [2.45, 2.75) is 50.0 Å². The first-order chi connectivity index (χ1) is 19.4.